The molecule has 2 heterocycles. The minimum atomic E-state index is -0.437. The van der Waals surface area contributed by atoms with Crippen molar-refractivity contribution >= 4 is 28.9 Å². The number of nitrogens with zero attached hydrogens (tertiary/aromatic N) is 3. The third-order valence-corrected chi connectivity index (χ3v) is 5.64. The average Bonchev–Trinajstić information content (AvgIpc) is 3.48. The molecule has 0 unspecified atom stereocenters. The van der Waals surface area contributed by atoms with E-state index in [4.69, 9.17) is 9.26 Å². The predicted molar refractivity (Wildman–Crippen MR) is 123 cm³/mol. The van der Waals surface area contributed by atoms with Gasteiger partial charge in [0, 0.05) is 23.1 Å². The summed E-state index contributed by atoms with van der Waals surface area (Å²) >= 11 is 1.33. The number of nitrogens with one attached hydrogen (secondary N) is 1. The molecule has 0 saturated carbocycles. The van der Waals surface area contributed by atoms with Gasteiger partial charge in [0.2, 0.25) is 17.6 Å². The first-order chi connectivity index (χ1) is 16.4. The fourth-order valence-electron chi connectivity index (χ4n) is 2.98. The van der Waals surface area contributed by atoms with E-state index in [1.807, 2.05) is 31.2 Å². The van der Waals surface area contributed by atoms with Crippen LogP contribution in [0.4, 0.5) is 10.1 Å². The lowest BCUT2D eigenvalue weighted by Crippen LogP contribution is -2.14. The molecule has 0 radical (unpaired) electrons. The highest BCUT2D eigenvalue weighted by molar-refractivity contribution is 7.09. The Labute approximate surface area is 198 Å². The zero-order chi connectivity index (χ0) is 23.9. The van der Waals surface area contributed by atoms with E-state index in [0.717, 1.165) is 11.3 Å². The maximum Gasteiger partial charge on any atom is 0.306 e. The number of carbonyl (C=O) groups excluding carboxylic acids is 2. The third kappa shape index (κ3) is 6.55. The van der Waals surface area contributed by atoms with Crippen LogP contribution in [0.25, 0.3) is 11.4 Å². The van der Waals surface area contributed by atoms with Gasteiger partial charge in [-0.25, -0.2) is 9.37 Å². The van der Waals surface area contributed by atoms with Crippen molar-refractivity contribution in [2.75, 3.05) is 5.32 Å². The largest absolute Gasteiger partial charge is 0.459 e. The van der Waals surface area contributed by atoms with Crippen LogP contribution >= 0.6 is 11.3 Å². The van der Waals surface area contributed by atoms with Crippen molar-refractivity contribution < 1.29 is 23.2 Å². The Morgan fingerprint density at radius 3 is 2.62 bits per heavy atom. The molecule has 2 aromatic carbocycles. The SMILES string of the molecule is Cc1ccc(NC(=O)Cc2nc(COC(=O)CCc3nc(-c4ccc(F)cc4)no3)cs2)cc1. The number of hydrogen-bond donors (Lipinski definition) is 1. The molecule has 4 aromatic rings. The van der Waals surface area contributed by atoms with Crippen molar-refractivity contribution in [3.63, 3.8) is 0 Å². The van der Waals surface area contributed by atoms with E-state index in [1.165, 1.54) is 23.5 Å². The van der Waals surface area contributed by atoms with Crippen molar-refractivity contribution in [3.8, 4) is 11.4 Å². The predicted octanol–water partition coefficient (Wildman–Crippen LogP) is 4.50. The zero-order valence-corrected chi connectivity index (χ0v) is 19.1. The second-order valence-corrected chi connectivity index (χ2v) is 8.45. The number of amides is 1. The number of hydrogen-bond acceptors (Lipinski definition) is 8. The molecule has 0 spiro atoms. The van der Waals surface area contributed by atoms with Crippen LogP contribution < -0.4 is 5.32 Å². The van der Waals surface area contributed by atoms with Gasteiger partial charge in [-0.05, 0) is 43.3 Å². The maximum atomic E-state index is 13.0. The number of carbonyl (C=O) groups is 2. The number of rotatable bonds is 9. The molecule has 0 atom stereocenters. The summed E-state index contributed by atoms with van der Waals surface area (Å²) in [7, 11) is 0. The highest BCUT2D eigenvalue weighted by Crippen LogP contribution is 2.17. The molecule has 0 aliphatic carbocycles. The van der Waals surface area contributed by atoms with Crippen LogP contribution in [-0.4, -0.2) is 27.0 Å². The maximum absolute atomic E-state index is 13.0. The van der Waals surface area contributed by atoms with Crippen LogP contribution in [0.2, 0.25) is 0 Å². The van der Waals surface area contributed by atoms with Crippen LogP contribution in [0.5, 0.6) is 0 Å². The van der Waals surface area contributed by atoms with E-state index in [0.29, 0.717) is 22.1 Å². The Balaban J connectivity index is 1.20. The Morgan fingerprint density at radius 2 is 1.85 bits per heavy atom. The first-order valence-corrected chi connectivity index (χ1v) is 11.4. The smallest absolute Gasteiger partial charge is 0.306 e. The molecule has 0 aliphatic heterocycles. The molecule has 1 N–H and O–H groups in total. The van der Waals surface area contributed by atoms with Crippen molar-refractivity contribution in [2.24, 2.45) is 0 Å². The summed E-state index contributed by atoms with van der Waals surface area (Å²) in [5.41, 5.74) is 3.04. The van der Waals surface area contributed by atoms with Gasteiger partial charge in [0.25, 0.3) is 0 Å². The van der Waals surface area contributed by atoms with Gasteiger partial charge in [0.1, 0.15) is 17.4 Å². The van der Waals surface area contributed by atoms with E-state index in [1.54, 1.807) is 17.5 Å². The molecule has 2 aromatic heterocycles. The molecule has 174 valence electrons. The molecule has 0 fully saturated rings. The topological polar surface area (TPSA) is 107 Å². The Kier molecular flexibility index (Phi) is 7.38. The molecule has 0 aliphatic rings. The average molecular weight is 481 g/mol. The first-order valence-electron chi connectivity index (χ1n) is 10.5. The molecule has 1 amide bonds. The Bertz CT molecular complexity index is 1270. The van der Waals surface area contributed by atoms with Gasteiger partial charge >= 0.3 is 5.97 Å². The van der Waals surface area contributed by atoms with Gasteiger partial charge in [0.15, 0.2) is 0 Å². The Morgan fingerprint density at radius 1 is 1.09 bits per heavy atom. The standard InChI is InChI=1S/C24H21FN4O4S/c1-15-2-8-18(9-3-15)26-20(30)12-22-27-19(14-34-22)13-32-23(31)11-10-21-28-24(29-33-21)16-4-6-17(25)7-5-16/h2-9,14H,10-13H2,1H3,(H,26,30). The van der Waals surface area contributed by atoms with Crippen LogP contribution in [-0.2, 0) is 33.8 Å². The van der Waals surface area contributed by atoms with Crippen LogP contribution in [0.15, 0.2) is 58.4 Å². The fraction of sp³-hybridized carbons (Fsp3) is 0.208. The summed E-state index contributed by atoms with van der Waals surface area (Å²) < 4.78 is 23.4. The minimum absolute atomic E-state index is 0.0135. The van der Waals surface area contributed by atoms with Gasteiger partial charge < -0.3 is 14.6 Å². The monoisotopic (exact) mass is 480 g/mol. The van der Waals surface area contributed by atoms with Crippen molar-refractivity contribution in [3.05, 3.63) is 81.9 Å². The molecule has 0 saturated heterocycles. The van der Waals surface area contributed by atoms with E-state index >= 15 is 0 Å². The number of anilines is 1. The summed E-state index contributed by atoms with van der Waals surface area (Å²) in [4.78, 5) is 32.8. The van der Waals surface area contributed by atoms with Crippen molar-refractivity contribution in [1.29, 1.82) is 0 Å². The zero-order valence-electron chi connectivity index (χ0n) is 18.3. The first kappa shape index (κ1) is 23.2. The van der Waals surface area contributed by atoms with E-state index < -0.39 is 5.97 Å². The molecule has 10 heteroatoms. The molecule has 0 bridgehead atoms. The summed E-state index contributed by atoms with van der Waals surface area (Å²) in [6.45, 7) is 1.99. The van der Waals surface area contributed by atoms with Gasteiger partial charge in [-0.1, -0.05) is 22.9 Å². The lowest BCUT2D eigenvalue weighted by Gasteiger charge is -2.04. The van der Waals surface area contributed by atoms with Crippen LogP contribution in [0, 0.1) is 12.7 Å². The summed E-state index contributed by atoms with van der Waals surface area (Å²) in [6, 6.07) is 13.3. The highest BCUT2D eigenvalue weighted by atomic mass is 32.1. The Hall–Kier alpha value is -3.92. The van der Waals surface area contributed by atoms with E-state index in [9.17, 15) is 14.0 Å². The molecular weight excluding hydrogens is 459 g/mol. The van der Waals surface area contributed by atoms with Crippen LogP contribution in [0.1, 0.15) is 28.6 Å². The van der Waals surface area contributed by atoms with Gasteiger partial charge in [-0.2, -0.15) is 4.98 Å². The van der Waals surface area contributed by atoms with Crippen molar-refractivity contribution in [2.45, 2.75) is 32.8 Å². The number of aryl methyl sites for hydroxylation is 2. The summed E-state index contributed by atoms with van der Waals surface area (Å²) in [5.74, 6) is -0.348. The number of halogens is 1. The summed E-state index contributed by atoms with van der Waals surface area (Å²) in [5, 5.41) is 9.06. The third-order valence-electron chi connectivity index (χ3n) is 4.74. The fourth-order valence-corrected chi connectivity index (χ4v) is 3.76. The normalized spacial score (nSPS) is 10.8. The van der Waals surface area contributed by atoms with Crippen LogP contribution in [0.3, 0.4) is 0 Å². The molecular formula is C24H21FN4O4S. The number of aromatic nitrogens is 3. The van der Waals surface area contributed by atoms with E-state index in [2.05, 4.69) is 20.4 Å². The molecule has 34 heavy (non-hydrogen) atoms. The molecule has 8 nitrogen and oxygen atoms in total. The number of ether oxygens (including phenoxy) is 1. The number of thiazole rings is 1. The van der Waals surface area contributed by atoms with Gasteiger partial charge in [-0.15, -0.1) is 11.3 Å². The summed E-state index contributed by atoms with van der Waals surface area (Å²) in [6.07, 6.45) is 0.412. The lowest BCUT2D eigenvalue weighted by molar-refractivity contribution is -0.145. The second-order valence-electron chi connectivity index (χ2n) is 7.50. The number of benzene rings is 2. The minimum Gasteiger partial charge on any atom is -0.459 e. The van der Waals surface area contributed by atoms with Gasteiger partial charge in [0.05, 0.1) is 18.5 Å². The highest BCUT2D eigenvalue weighted by Gasteiger charge is 2.13. The molecule has 4 rings (SSSR count). The lowest BCUT2D eigenvalue weighted by atomic mass is 10.2. The quantitative estimate of drug-likeness (QED) is 0.352. The number of esters is 1. The van der Waals surface area contributed by atoms with Gasteiger partial charge in [-0.3, -0.25) is 9.59 Å². The van der Waals surface area contributed by atoms with E-state index in [-0.39, 0.29) is 43.5 Å². The van der Waals surface area contributed by atoms with Crippen molar-refractivity contribution in [1.82, 2.24) is 15.1 Å². The second kappa shape index (κ2) is 10.8.